The number of hydrogen-bond acceptors (Lipinski definition) is 4. The maximum absolute atomic E-state index is 13.5. The van der Waals surface area contributed by atoms with Gasteiger partial charge in [-0.3, -0.25) is 4.79 Å². The van der Waals surface area contributed by atoms with E-state index in [1.165, 1.54) is 7.11 Å². The van der Waals surface area contributed by atoms with Crippen LogP contribution in [0.2, 0.25) is 0 Å². The summed E-state index contributed by atoms with van der Waals surface area (Å²) in [6.45, 7) is 1.15. The first-order valence-corrected chi connectivity index (χ1v) is 11.4. The zero-order valence-corrected chi connectivity index (χ0v) is 16.8. The van der Waals surface area contributed by atoms with Crippen molar-refractivity contribution in [2.24, 2.45) is 5.92 Å². The summed E-state index contributed by atoms with van der Waals surface area (Å²) in [5.41, 5.74) is 0. The van der Waals surface area contributed by atoms with Crippen molar-refractivity contribution in [2.45, 2.75) is 62.3 Å². The van der Waals surface area contributed by atoms with Gasteiger partial charge in [-0.25, -0.2) is 8.42 Å². The Kier molecular flexibility index (Phi) is 6.76. The van der Waals surface area contributed by atoms with Crippen LogP contribution in [0.15, 0.2) is 29.2 Å². The number of nitrogens with one attached hydrogen (secondary N) is 1. The fourth-order valence-corrected chi connectivity index (χ4v) is 5.98. The van der Waals surface area contributed by atoms with Crippen LogP contribution in [-0.4, -0.2) is 44.9 Å². The van der Waals surface area contributed by atoms with Crippen LogP contribution >= 0.6 is 0 Å². The lowest BCUT2D eigenvalue weighted by Gasteiger charge is -2.38. The molecule has 1 amide bonds. The van der Waals surface area contributed by atoms with Crippen LogP contribution in [0.3, 0.4) is 0 Å². The molecule has 2 fully saturated rings. The predicted octanol–water partition coefficient (Wildman–Crippen LogP) is 2.93. The summed E-state index contributed by atoms with van der Waals surface area (Å²) in [4.78, 5) is 13.0. The van der Waals surface area contributed by atoms with E-state index in [-0.39, 0.29) is 22.8 Å². The molecule has 2 aliphatic rings. The molecule has 1 saturated heterocycles. The molecule has 6 nitrogen and oxygen atoms in total. The number of carbonyl (C=O) groups excluding carboxylic acids is 1. The molecule has 0 spiro atoms. The molecule has 0 radical (unpaired) electrons. The zero-order valence-electron chi connectivity index (χ0n) is 16.0. The van der Waals surface area contributed by atoms with Crippen molar-refractivity contribution < 1.29 is 17.9 Å². The van der Waals surface area contributed by atoms with Crippen molar-refractivity contribution in [3.63, 3.8) is 0 Å². The third kappa shape index (κ3) is 4.63. The fraction of sp³-hybridized carbons (Fsp3) is 0.650. The molecule has 150 valence electrons. The second-order valence-electron chi connectivity index (χ2n) is 7.46. The Balaban J connectivity index is 1.97. The molecule has 1 heterocycles. The lowest BCUT2D eigenvalue weighted by Crippen LogP contribution is -2.51. The van der Waals surface area contributed by atoms with E-state index in [1.807, 2.05) is 0 Å². The van der Waals surface area contributed by atoms with Crippen LogP contribution in [0.4, 0.5) is 0 Å². The Hall–Kier alpha value is -1.60. The Morgan fingerprint density at radius 3 is 2.67 bits per heavy atom. The third-order valence-electron chi connectivity index (χ3n) is 5.69. The Morgan fingerprint density at radius 1 is 1.07 bits per heavy atom. The van der Waals surface area contributed by atoms with Gasteiger partial charge in [0.2, 0.25) is 15.9 Å². The van der Waals surface area contributed by atoms with Crippen molar-refractivity contribution in [1.82, 2.24) is 9.62 Å². The van der Waals surface area contributed by atoms with Gasteiger partial charge in [0.1, 0.15) is 5.75 Å². The summed E-state index contributed by atoms with van der Waals surface area (Å²) < 4.78 is 33.8. The highest BCUT2D eigenvalue weighted by atomic mass is 32.2. The van der Waals surface area contributed by atoms with Crippen LogP contribution < -0.4 is 10.1 Å². The number of rotatable bonds is 3. The van der Waals surface area contributed by atoms with Gasteiger partial charge in [0.25, 0.3) is 0 Å². The van der Waals surface area contributed by atoms with Crippen molar-refractivity contribution >= 4 is 15.9 Å². The largest absolute Gasteiger partial charge is 0.497 e. The number of methoxy groups -OCH3 is 1. The fourth-order valence-electron chi connectivity index (χ4n) is 4.21. The third-order valence-corrected chi connectivity index (χ3v) is 7.61. The van der Waals surface area contributed by atoms with Crippen LogP contribution in [0, 0.1) is 5.92 Å². The number of fused-ring (bicyclic) bond motifs is 1. The normalized spacial score (nSPS) is 25.7. The molecule has 1 aromatic rings. The minimum absolute atomic E-state index is 0.00689. The van der Waals surface area contributed by atoms with E-state index < -0.39 is 10.0 Å². The summed E-state index contributed by atoms with van der Waals surface area (Å²) >= 11 is 0. The van der Waals surface area contributed by atoms with Gasteiger partial charge < -0.3 is 10.1 Å². The highest BCUT2D eigenvalue weighted by molar-refractivity contribution is 7.89. The first-order valence-electron chi connectivity index (χ1n) is 9.97. The van der Waals surface area contributed by atoms with Gasteiger partial charge in [-0.1, -0.05) is 31.7 Å². The molecule has 0 aromatic heterocycles. The molecule has 1 aliphatic carbocycles. The molecule has 0 bridgehead atoms. The molecular formula is C20H30N2O4S. The second kappa shape index (κ2) is 9.06. The summed E-state index contributed by atoms with van der Waals surface area (Å²) in [5, 5.41) is 3.03. The molecule has 2 atom stereocenters. The van der Waals surface area contributed by atoms with Gasteiger partial charge >= 0.3 is 0 Å². The number of hydrogen-bond donors (Lipinski definition) is 1. The molecule has 27 heavy (non-hydrogen) atoms. The van der Waals surface area contributed by atoms with Crippen LogP contribution in [0.5, 0.6) is 5.75 Å². The molecule has 3 rings (SSSR count). The van der Waals surface area contributed by atoms with Crippen molar-refractivity contribution in [1.29, 1.82) is 0 Å². The average molecular weight is 395 g/mol. The van der Waals surface area contributed by atoms with E-state index in [9.17, 15) is 13.2 Å². The van der Waals surface area contributed by atoms with Gasteiger partial charge in [-0.2, -0.15) is 4.31 Å². The number of amides is 1. The lowest BCUT2D eigenvalue weighted by atomic mass is 9.83. The number of carbonyl (C=O) groups is 1. The number of benzene rings is 1. The SMILES string of the molecule is COc1cccc(S(=O)(=O)N2CCCCCCNC(=O)[C@@H]3CCCC[C@@H]32)c1. The highest BCUT2D eigenvalue weighted by Crippen LogP contribution is 2.33. The number of sulfonamides is 1. The Bertz CT molecular complexity index is 750. The summed E-state index contributed by atoms with van der Waals surface area (Å²) in [5.74, 6) is 0.261. The summed E-state index contributed by atoms with van der Waals surface area (Å²) in [6, 6.07) is 6.35. The van der Waals surface area contributed by atoms with Gasteiger partial charge in [0.05, 0.1) is 17.9 Å². The highest BCUT2D eigenvalue weighted by Gasteiger charge is 2.40. The maximum Gasteiger partial charge on any atom is 0.243 e. The predicted molar refractivity (Wildman–Crippen MR) is 104 cm³/mol. The maximum atomic E-state index is 13.5. The molecule has 7 heteroatoms. The molecule has 1 aromatic carbocycles. The minimum Gasteiger partial charge on any atom is -0.497 e. The Morgan fingerprint density at radius 2 is 1.85 bits per heavy atom. The number of nitrogens with zero attached hydrogens (tertiary/aromatic N) is 1. The van der Waals surface area contributed by atoms with Crippen molar-refractivity contribution in [3.8, 4) is 5.75 Å². The van der Waals surface area contributed by atoms with E-state index in [1.54, 1.807) is 28.6 Å². The smallest absolute Gasteiger partial charge is 0.243 e. The van der Waals surface area contributed by atoms with Crippen LogP contribution in [0.25, 0.3) is 0 Å². The standard InChI is InChI=1S/C20H30N2O4S/c1-26-16-9-8-10-17(15-16)27(24,25)22-14-7-3-2-6-13-21-20(23)18-11-4-5-12-19(18)22/h8-10,15,18-19H,2-7,11-14H2,1H3,(H,21,23)/t18-,19+/m1/s1. The van der Waals surface area contributed by atoms with Gasteiger partial charge in [0.15, 0.2) is 0 Å². The summed E-state index contributed by atoms with van der Waals surface area (Å²) in [6.07, 6.45) is 7.16. The quantitative estimate of drug-likeness (QED) is 0.855. The minimum atomic E-state index is -3.69. The van der Waals surface area contributed by atoms with E-state index in [4.69, 9.17) is 4.74 Å². The van der Waals surface area contributed by atoms with Gasteiger partial charge in [0, 0.05) is 25.2 Å². The first kappa shape index (κ1) is 20.1. The van der Waals surface area contributed by atoms with Crippen molar-refractivity contribution in [3.05, 3.63) is 24.3 Å². The van der Waals surface area contributed by atoms with E-state index in [0.29, 0.717) is 18.8 Å². The molecule has 1 aliphatic heterocycles. The topological polar surface area (TPSA) is 75.7 Å². The lowest BCUT2D eigenvalue weighted by molar-refractivity contribution is -0.127. The first-order chi connectivity index (χ1) is 13.0. The molecule has 1 N–H and O–H groups in total. The van der Waals surface area contributed by atoms with Gasteiger partial charge in [-0.15, -0.1) is 0 Å². The van der Waals surface area contributed by atoms with E-state index in [0.717, 1.165) is 51.4 Å². The average Bonchev–Trinajstić information content (AvgIpc) is 2.73. The second-order valence-corrected chi connectivity index (χ2v) is 9.35. The van der Waals surface area contributed by atoms with Crippen molar-refractivity contribution in [2.75, 3.05) is 20.2 Å². The Labute approximate surface area is 162 Å². The molecule has 1 saturated carbocycles. The van der Waals surface area contributed by atoms with E-state index >= 15 is 0 Å². The van der Waals surface area contributed by atoms with Crippen LogP contribution in [-0.2, 0) is 14.8 Å². The van der Waals surface area contributed by atoms with Gasteiger partial charge in [-0.05, 0) is 37.8 Å². The summed E-state index contributed by atoms with van der Waals surface area (Å²) in [7, 11) is -2.17. The monoisotopic (exact) mass is 394 g/mol. The number of ether oxygens (including phenoxy) is 1. The molecule has 0 unspecified atom stereocenters. The van der Waals surface area contributed by atoms with Crippen LogP contribution in [0.1, 0.15) is 51.4 Å². The van der Waals surface area contributed by atoms with E-state index in [2.05, 4.69) is 5.32 Å². The zero-order chi connectivity index (χ0) is 19.3. The molecular weight excluding hydrogens is 364 g/mol.